The molecular formula is C36H42O9. The fourth-order valence-corrected chi connectivity index (χ4v) is 9.64. The van der Waals surface area contributed by atoms with Gasteiger partial charge in [-0.3, -0.25) is 19.2 Å². The van der Waals surface area contributed by atoms with Crippen LogP contribution in [0.2, 0.25) is 0 Å². The number of aryl methyl sites for hydroxylation is 2. The number of esters is 2. The van der Waals surface area contributed by atoms with Crippen LogP contribution in [0.3, 0.4) is 0 Å². The minimum absolute atomic E-state index is 0.169. The molecule has 0 N–H and O–H groups in total. The van der Waals surface area contributed by atoms with Crippen LogP contribution in [0.25, 0.3) is 11.0 Å². The van der Waals surface area contributed by atoms with Crippen LogP contribution in [-0.4, -0.2) is 40.3 Å². The Balaban J connectivity index is 1.53. The lowest BCUT2D eigenvalue weighted by atomic mass is 9.57. The van der Waals surface area contributed by atoms with E-state index < -0.39 is 79.4 Å². The van der Waals surface area contributed by atoms with E-state index in [9.17, 15) is 14.4 Å². The van der Waals surface area contributed by atoms with Crippen molar-refractivity contribution in [3.63, 3.8) is 0 Å². The highest BCUT2D eigenvalue weighted by atomic mass is 16.6. The minimum Gasteiger partial charge on any atom is -0.487 e. The molecule has 2 saturated heterocycles. The molecule has 2 aromatic rings. The van der Waals surface area contributed by atoms with E-state index in [1.807, 2.05) is 54.5 Å². The molecule has 2 saturated carbocycles. The molecule has 9 heteroatoms. The van der Waals surface area contributed by atoms with Gasteiger partial charge in [-0.15, -0.1) is 0 Å². The van der Waals surface area contributed by atoms with E-state index in [2.05, 4.69) is 0 Å². The second kappa shape index (κ2) is 8.26. The Bertz CT molecular complexity index is 1840. The monoisotopic (exact) mass is 618 g/mol. The van der Waals surface area contributed by atoms with Crippen LogP contribution in [0.5, 0.6) is 5.75 Å². The molecule has 7 rings (SSSR count). The molecule has 0 unspecified atom stereocenters. The average molecular weight is 619 g/mol. The topological polar surface area (TPSA) is 126 Å². The van der Waals surface area contributed by atoms with Crippen molar-refractivity contribution in [2.75, 3.05) is 0 Å². The third kappa shape index (κ3) is 3.09. The second-order valence-electron chi connectivity index (χ2n) is 16.3. The number of rotatable bonds is 4. The summed E-state index contributed by atoms with van der Waals surface area (Å²) >= 11 is 0. The fourth-order valence-electron chi connectivity index (χ4n) is 9.64. The quantitative estimate of drug-likeness (QED) is 0.315. The Kier molecular flexibility index (Phi) is 5.54. The lowest BCUT2D eigenvalue weighted by molar-refractivity contribution is -0.177. The van der Waals surface area contributed by atoms with Crippen LogP contribution in [-0.2, 0) is 28.7 Å². The van der Waals surface area contributed by atoms with Gasteiger partial charge in [-0.2, -0.15) is 0 Å². The summed E-state index contributed by atoms with van der Waals surface area (Å²) in [4.78, 5) is 70.6. The zero-order chi connectivity index (χ0) is 33.1. The number of carbonyl (C=O) groups excluding carboxylic acids is 4. The van der Waals surface area contributed by atoms with E-state index in [-0.39, 0.29) is 11.1 Å². The lowest BCUT2D eigenvalue weighted by Crippen LogP contribution is -2.62. The number of benzene rings is 1. The number of Topliss-reactive ketones (excluding diaryl/α,β-unsaturated/α-hetero) is 2. The van der Waals surface area contributed by atoms with Crippen LogP contribution in [0.15, 0.2) is 21.3 Å². The molecule has 3 aliphatic heterocycles. The Morgan fingerprint density at radius 3 is 1.67 bits per heavy atom. The molecule has 0 radical (unpaired) electrons. The van der Waals surface area contributed by atoms with Crippen molar-refractivity contribution in [1.29, 1.82) is 0 Å². The van der Waals surface area contributed by atoms with Crippen LogP contribution >= 0.6 is 0 Å². The van der Waals surface area contributed by atoms with Crippen molar-refractivity contribution in [3.05, 3.63) is 39.2 Å². The second-order valence-corrected chi connectivity index (χ2v) is 16.3. The molecule has 0 spiro atoms. The first kappa shape index (κ1) is 30.2. The van der Waals surface area contributed by atoms with E-state index in [0.29, 0.717) is 42.4 Å². The number of carbonyl (C=O) groups is 4. The summed E-state index contributed by atoms with van der Waals surface area (Å²) in [6.45, 7) is 18.3. The first-order valence-corrected chi connectivity index (χ1v) is 16.0. The highest BCUT2D eigenvalue weighted by Gasteiger charge is 2.80. The maximum Gasteiger partial charge on any atom is 0.339 e. The normalized spacial score (nSPS) is 38.1. The number of fused-ring (bicyclic) bond motifs is 7. The van der Waals surface area contributed by atoms with Crippen LogP contribution in [0, 0.1) is 41.4 Å². The van der Waals surface area contributed by atoms with Gasteiger partial charge in [0.25, 0.3) is 0 Å². The van der Waals surface area contributed by atoms with Crippen LogP contribution in [0.4, 0.5) is 0 Å². The first-order chi connectivity index (χ1) is 20.6. The molecule has 5 aliphatic rings. The molecule has 1 aromatic heterocycles. The summed E-state index contributed by atoms with van der Waals surface area (Å²) in [5, 5.41) is 0.619. The Hall–Kier alpha value is -3.49. The van der Waals surface area contributed by atoms with Gasteiger partial charge in [-0.05, 0) is 84.9 Å². The van der Waals surface area contributed by atoms with Gasteiger partial charge >= 0.3 is 17.6 Å². The zero-order valence-corrected chi connectivity index (χ0v) is 27.8. The standard InChI is InChI=1S/C36H42O9/c1-17-16-20-21(24-19(17)15-18(2)27(39)42-24)22(25(37)35-13-11-33(9,28(40)44-35)31(35,5)6)23(30(3,4)43-20)26(38)36-14-12-34(10,29(41)45-36)32(36,7)8/h15-16,22-23H,11-14H2,1-10H3/t22-,23-,33-,34-,35+,36+/m0/s1. The third-order valence-corrected chi connectivity index (χ3v) is 13.7. The van der Waals surface area contributed by atoms with Crippen LogP contribution in [0.1, 0.15) is 104 Å². The van der Waals surface area contributed by atoms with Gasteiger partial charge in [0.05, 0.1) is 22.7 Å². The number of ketones is 2. The maximum absolute atomic E-state index is 15.5. The van der Waals surface area contributed by atoms with Crippen molar-refractivity contribution in [2.45, 2.75) is 118 Å². The van der Waals surface area contributed by atoms with E-state index in [0.717, 1.165) is 5.56 Å². The van der Waals surface area contributed by atoms with E-state index >= 15 is 9.59 Å². The average Bonchev–Trinajstić information content (AvgIpc) is 3.40. The highest BCUT2D eigenvalue weighted by molar-refractivity contribution is 6.09. The number of hydrogen-bond donors (Lipinski definition) is 0. The highest BCUT2D eigenvalue weighted by Crippen LogP contribution is 2.70. The molecule has 4 fully saturated rings. The summed E-state index contributed by atoms with van der Waals surface area (Å²) in [6.07, 6.45) is 1.54. The molecule has 45 heavy (non-hydrogen) atoms. The summed E-state index contributed by atoms with van der Waals surface area (Å²) in [5.74, 6) is -3.76. The van der Waals surface area contributed by atoms with Gasteiger partial charge in [-0.1, -0.05) is 27.7 Å². The van der Waals surface area contributed by atoms with Gasteiger partial charge in [-0.25, -0.2) is 4.79 Å². The van der Waals surface area contributed by atoms with E-state index in [4.69, 9.17) is 18.6 Å². The minimum atomic E-state index is -1.53. The number of ether oxygens (including phenoxy) is 3. The molecule has 2 aliphatic carbocycles. The summed E-state index contributed by atoms with van der Waals surface area (Å²) in [6, 6.07) is 3.54. The molecule has 1 aromatic carbocycles. The fraction of sp³-hybridized carbons (Fsp3) is 0.639. The van der Waals surface area contributed by atoms with Crippen LogP contribution < -0.4 is 10.4 Å². The zero-order valence-electron chi connectivity index (χ0n) is 27.8. The van der Waals surface area contributed by atoms with Gasteiger partial charge in [0.15, 0.2) is 22.8 Å². The summed E-state index contributed by atoms with van der Waals surface area (Å²) < 4.78 is 24.8. The van der Waals surface area contributed by atoms with Crippen molar-refractivity contribution < 1.29 is 37.8 Å². The number of hydrogen-bond acceptors (Lipinski definition) is 9. The van der Waals surface area contributed by atoms with Crippen molar-refractivity contribution in [1.82, 2.24) is 0 Å². The first-order valence-electron chi connectivity index (χ1n) is 16.0. The molecule has 9 nitrogen and oxygen atoms in total. The van der Waals surface area contributed by atoms with Crippen molar-refractivity contribution in [3.8, 4) is 5.75 Å². The smallest absolute Gasteiger partial charge is 0.339 e. The SMILES string of the molecule is Cc1cc2c(C)cc3c(c2oc1=O)[C@H](C(=O)[C@@]12CC[C@@](C)(C(=O)O1)C2(C)C)[C@@H](C(=O)[C@@]12CC[C@@](C)(C(=O)O1)C2(C)C)C(C)(C)O3. The van der Waals surface area contributed by atoms with Gasteiger partial charge in [0.2, 0.25) is 0 Å². The summed E-state index contributed by atoms with van der Waals surface area (Å²) in [5.41, 5.74) is -6.76. The molecule has 240 valence electrons. The largest absolute Gasteiger partial charge is 0.487 e. The van der Waals surface area contributed by atoms with E-state index in [1.54, 1.807) is 26.8 Å². The van der Waals surface area contributed by atoms with Gasteiger partial charge < -0.3 is 18.6 Å². The third-order valence-electron chi connectivity index (χ3n) is 13.7. The Morgan fingerprint density at radius 2 is 1.20 bits per heavy atom. The van der Waals surface area contributed by atoms with E-state index in [1.165, 1.54) is 0 Å². The predicted molar refractivity (Wildman–Crippen MR) is 163 cm³/mol. The summed E-state index contributed by atoms with van der Waals surface area (Å²) in [7, 11) is 0. The molecular weight excluding hydrogens is 576 g/mol. The molecule has 4 heterocycles. The maximum atomic E-state index is 15.5. The lowest BCUT2D eigenvalue weighted by Gasteiger charge is -2.49. The van der Waals surface area contributed by atoms with Gasteiger partial charge in [0, 0.05) is 27.3 Å². The predicted octanol–water partition coefficient (Wildman–Crippen LogP) is 5.66. The van der Waals surface area contributed by atoms with Crippen molar-refractivity contribution in [2.24, 2.45) is 27.6 Å². The Morgan fingerprint density at radius 1 is 0.689 bits per heavy atom. The molecule has 6 atom stereocenters. The van der Waals surface area contributed by atoms with Crippen molar-refractivity contribution >= 4 is 34.5 Å². The molecule has 0 amide bonds. The van der Waals surface area contributed by atoms with Gasteiger partial charge in [0.1, 0.15) is 16.9 Å². The Labute approximate surface area is 262 Å². The molecule has 4 bridgehead atoms.